The number of hydrogen-bond acceptors (Lipinski definition) is 4. The summed E-state index contributed by atoms with van der Waals surface area (Å²) in [5, 5.41) is 2.76. The summed E-state index contributed by atoms with van der Waals surface area (Å²) >= 11 is 0. The summed E-state index contributed by atoms with van der Waals surface area (Å²) < 4.78 is 9.64. The number of ether oxygens (including phenoxy) is 2. The lowest BCUT2D eigenvalue weighted by Crippen LogP contribution is -2.23. The van der Waals surface area contributed by atoms with Gasteiger partial charge >= 0.3 is 5.97 Å². The highest BCUT2D eigenvalue weighted by Crippen LogP contribution is 2.18. The summed E-state index contributed by atoms with van der Waals surface area (Å²) in [7, 11) is 2.93. The molecule has 0 saturated heterocycles. The molecule has 5 heteroatoms. The Balaban J connectivity index is 2.42. The topological polar surface area (TPSA) is 64.6 Å². The van der Waals surface area contributed by atoms with Crippen LogP contribution in [-0.4, -0.2) is 26.1 Å². The molecule has 0 saturated carbocycles. The fourth-order valence-corrected chi connectivity index (χ4v) is 1.66. The first-order valence-corrected chi connectivity index (χ1v) is 6.04. The van der Waals surface area contributed by atoms with Gasteiger partial charge in [0.05, 0.1) is 20.6 Å². The van der Waals surface area contributed by atoms with Gasteiger partial charge < -0.3 is 14.8 Å². The van der Waals surface area contributed by atoms with Gasteiger partial charge in [0.2, 0.25) is 5.91 Å². The first-order chi connectivity index (χ1) is 9.06. The SMILES string of the molecule is COC(=O)CCC(=O)NCc1ccc(OC)c(C)c1. The molecule has 1 amide bonds. The van der Waals surface area contributed by atoms with Crippen LogP contribution in [0.25, 0.3) is 0 Å². The smallest absolute Gasteiger partial charge is 0.306 e. The Kier molecular flexibility index (Phi) is 5.85. The monoisotopic (exact) mass is 265 g/mol. The van der Waals surface area contributed by atoms with Crippen molar-refractivity contribution in [1.29, 1.82) is 0 Å². The number of nitrogens with one attached hydrogen (secondary N) is 1. The number of esters is 1. The van der Waals surface area contributed by atoms with Crippen molar-refractivity contribution >= 4 is 11.9 Å². The predicted molar refractivity (Wildman–Crippen MR) is 70.8 cm³/mol. The van der Waals surface area contributed by atoms with Gasteiger partial charge in [-0.3, -0.25) is 9.59 Å². The minimum Gasteiger partial charge on any atom is -0.496 e. The standard InChI is InChI=1S/C14H19NO4/c1-10-8-11(4-5-12(10)18-2)9-15-13(16)6-7-14(17)19-3/h4-5,8H,6-7,9H2,1-3H3,(H,15,16). The Hall–Kier alpha value is -2.04. The highest BCUT2D eigenvalue weighted by Gasteiger charge is 2.07. The second-order valence-electron chi connectivity index (χ2n) is 4.16. The Bertz CT molecular complexity index is 457. The van der Waals surface area contributed by atoms with Crippen LogP contribution in [0.1, 0.15) is 24.0 Å². The lowest BCUT2D eigenvalue weighted by atomic mass is 10.1. The Morgan fingerprint density at radius 3 is 2.53 bits per heavy atom. The Labute approximate surface area is 112 Å². The van der Waals surface area contributed by atoms with Crippen LogP contribution in [0, 0.1) is 6.92 Å². The van der Waals surface area contributed by atoms with Crippen molar-refractivity contribution in [3.05, 3.63) is 29.3 Å². The molecule has 1 N–H and O–H groups in total. The number of hydrogen-bond donors (Lipinski definition) is 1. The van der Waals surface area contributed by atoms with E-state index in [-0.39, 0.29) is 24.7 Å². The summed E-state index contributed by atoms with van der Waals surface area (Å²) in [6.07, 6.45) is 0.242. The van der Waals surface area contributed by atoms with Gasteiger partial charge in [-0.15, -0.1) is 0 Å². The first-order valence-electron chi connectivity index (χ1n) is 6.04. The van der Waals surface area contributed by atoms with Crippen molar-refractivity contribution in [1.82, 2.24) is 5.32 Å². The van der Waals surface area contributed by atoms with Crippen LogP contribution in [-0.2, 0) is 20.9 Å². The molecule has 0 aromatic heterocycles. The van der Waals surface area contributed by atoms with Gasteiger partial charge in [-0.2, -0.15) is 0 Å². The molecule has 0 heterocycles. The third-order valence-electron chi connectivity index (χ3n) is 2.73. The maximum atomic E-state index is 11.5. The average Bonchev–Trinajstić information content (AvgIpc) is 2.42. The van der Waals surface area contributed by atoms with E-state index in [1.165, 1.54) is 7.11 Å². The molecular formula is C14H19NO4. The number of carbonyl (C=O) groups excluding carboxylic acids is 2. The number of rotatable bonds is 6. The molecule has 0 spiro atoms. The lowest BCUT2D eigenvalue weighted by molar-refractivity contribution is -0.142. The van der Waals surface area contributed by atoms with Crippen LogP contribution in [0.5, 0.6) is 5.75 Å². The average molecular weight is 265 g/mol. The van der Waals surface area contributed by atoms with Gasteiger partial charge in [-0.1, -0.05) is 12.1 Å². The molecule has 0 fully saturated rings. The number of benzene rings is 1. The van der Waals surface area contributed by atoms with Gasteiger partial charge in [0.25, 0.3) is 0 Å². The molecule has 5 nitrogen and oxygen atoms in total. The van der Waals surface area contributed by atoms with Gasteiger partial charge in [0.15, 0.2) is 0 Å². The molecule has 0 aliphatic carbocycles. The largest absolute Gasteiger partial charge is 0.496 e. The zero-order valence-electron chi connectivity index (χ0n) is 11.5. The number of methoxy groups -OCH3 is 2. The van der Waals surface area contributed by atoms with E-state index in [1.807, 2.05) is 25.1 Å². The van der Waals surface area contributed by atoms with Gasteiger partial charge in [0.1, 0.15) is 5.75 Å². The Morgan fingerprint density at radius 1 is 1.21 bits per heavy atom. The molecule has 0 bridgehead atoms. The third-order valence-corrected chi connectivity index (χ3v) is 2.73. The van der Waals surface area contributed by atoms with Crippen molar-refractivity contribution < 1.29 is 19.1 Å². The molecule has 1 aromatic carbocycles. The van der Waals surface area contributed by atoms with E-state index in [0.717, 1.165) is 16.9 Å². The number of amides is 1. The van der Waals surface area contributed by atoms with Crippen LogP contribution in [0.4, 0.5) is 0 Å². The second kappa shape index (κ2) is 7.41. The molecule has 0 atom stereocenters. The lowest BCUT2D eigenvalue weighted by Gasteiger charge is -2.08. The Morgan fingerprint density at radius 2 is 1.95 bits per heavy atom. The van der Waals surface area contributed by atoms with Crippen molar-refractivity contribution in [2.24, 2.45) is 0 Å². The van der Waals surface area contributed by atoms with Crippen LogP contribution >= 0.6 is 0 Å². The van der Waals surface area contributed by atoms with Crippen LogP contribution in [0.15, 0.2) is 18.2 Å². The minimum atomic E-state index is -0.379. The summed E-state index contributed by atoms with van der Waals surface area (Å²) in [6, 6.07) is 5.72. The van der Waals surface area contributed by atoms with Crippen LogP contribution in [0.3, 0.4) is 0 Å². The maximum absolute atomic E-state index is 11.5. The zero-order chi connectivity index (χ0) is 14.3. The fourth-order valence-electron chi connectivity index (χ4n) is 1.66. The van der Waals surface area contributed by atoms with Crippen LogP contribution < -0.4 is 10.1 Å². The van der Waals surface area contributed by atoms with E-state index in [0.29, 0.717) is 6.54 Å². The summed E-state index contributed by atoms with van der Waals surface area (Å²) in [4.78, 5) is 22.4. The van der Waals surface area contributed by atoms with Crippen molar-refractivity contribution in [3.8, 4) is 5.75 Å². The summed E-state index contributed by atoms with van der Waals surface area (Å²) in [5.74, 6) is 0.273. The second-order valence-corrected chi connectivity index (χ2v) is 4.16. The number of aryl methyl sites for hydroxylation is 1. The van der Waals surface area contributed by atoms with Crippen molar-refractivity contribution in [3.63, 3.8) is 0 Å². The minimum absolute atomic E-state index is 0.101. The highest BCUT2D eigenvalue weighted by atomic mass is 16.5. The molecule has 1 aromatic rings. The third kappa shape index (κ3) is 4.99. The van der Waals surface area contributed by atoms with Gasteiger partial charge in [-0.25, -0.2) is 0 Å². The molecule has 0 aliphatic rings. The molecule has 0 radical (unpaired) electrons. The van der Waals surface area contributed by atoms with Gasteiger partial charge in [0, 0.05) is 13.0 Å². The van der Waals surface area contributed by atoms with Crippen LogP contribution in [0.2, 0.25) is 0 Å². The van der Waals surface area contributed by atoms with E-state index in [2.05, 4.69) is 10.1 Å². The van der Waals surface area contributed by atoms with Crippen molar-refractivity contribution in [2.75, 3.05) is 14.2 Å². The normalized spacial score (nSPS) is 9.84. The predicted octanol–water partition coefficient (Wildman–Crippen LogP) is 1.57. The first kappa shape index (κ1) is 15.0. The fraction of sp³-hybridized carbons (Fsp3) is 0.429. The molecular weight excluding hydrogens is 246 g/mol. The van der Waals surface area contributed by atoms with E-state index in [4.69, 9.17) is 4.74 Å². The van der Waals surface area contributed by atoms with E-state index in [9.17, 15) is 9.59 Å². The number of carbonyl (C=O) groups is 2. The van der Waals surface area contributed by atoms with E-state index in [1.54, 1.807) is 7.11 Å². The molecule has 104 valence electrons. The summed E-state index contributed by atoms with van der Waals surface area (Å²) in [6.45, 7) is 2.38. The highest BCUT2D eigenvalue weighted by molar-refractivity contribution is 5.81. The molecule has 0 unspecified atom stereocenters. The molecule has 19 heavy (non-hydrogen) atoms. The van der Waals surface area contributed by atoms with Gasteiger partial charge in [-0.05, 0) is 24.1 Å². The maximum Gasteiger partial charge on any atom is 0.306 e. The summed E-state index contributed by atoms with van der Waals surface area (Å²) in [5.41, 5.74) is 2.01. The quantitative estimate of drug-likeness (QED) is 0.793. The molecule has 1 rings (SSSR count). The van der Waals surface area contributed by atoms with Crippen molar-refractivity contribution in [2.45, 2.75) is 26.3 Å². The van der Waals surface area contributed by atoms with E-state index >= 15 is 0 Å². The zero-order valence-corrected chi connectivity index (χ0v) is 11.5. The van der Waals surface area contributed by atoms with E-state index < -0.39 is 0 Å². The molecule has 0 aliphatic heterocycles.